The molecule has 0 aliphatic carbocycles. The lowest BCUT2D eigenvalue weighted by Gasteiger charge is -2.28. The van der Waals surface area contributed by atoms with Crippen LogP contribution in [-0.4, -0.2) is 33.0 Å². The van der Waals surface area contributed by atoms with Gasteiger partial charge in [0.1, 0.15) is 11.0 Å². The molecule has 1 saturated heterocycles. The van der Waals surface area contributed by atoms with Crippen LogP contribution in [0.5, 0.6) is 0 Å². The van der Waals surface area contributed by atoms with Crippen molar-refractivity contribution in [2.75, 3.05) is 29.5 Å². The maximum atomic E-state index is 6.19. The summed E-state index contributed by atoms with van der Waals surface area (Å²) in [5.74, 6) is 1.00. The topological polar surface area (TPSA) is 107 Å². The number of pyridine rings is 4. The predicted molar refractivity (Wildman–Crippen MR) is 245 cm³/mol. The summed E-state index contributed by atoms with van der Waals surface area (Å²) in [6.45, 7) is 13.3. The predicted octanol–water partition coefficient (Wildman–Crippen LogP) is 11.2. The molecule has 1 aliphatic heterocycles. The lowest BCUT2D eigenvalue weighted by atomic mass is 9.86. The van der Waals surface area contributed by atoms with Crippen LogP contribution in [0.2, 0.25) is 0 Å². The highest BCUT2D eigenvalue weighted by atomic mass is 15.1. The summed E-state index contributed by atoms with van der Waals surface area (Å²) in [5.41, 5.74) is 26.2. The van der Waals surface area contributed by atoms with Gasteiger partial charge in [0.2, 0.25) is 0 Å². The third-order valence-electron chi connectivity index (χ3n) is 11.6. The first-order chi connectivity index (χ1) is 28.0. The van der Waals surface area contributed by atoms with Gasteiger partial charge in [-0.05, 0) is 140 Å². The van der Waals surface area contributed by atoms with Crippen molar-refractivity contribution in [3.63, 3.8) is 0 Å². The van der Waals surface area contributed by atoms with E-state index in [9.17, 15) is 0 Å². The molecule has 4 aromatic carbocycles. The van der Waals surface area contributed by atoms with Gasteiger partial charge in [0, 0.05) is 52.7 Å². The quantitative estimate of drug-likeness (QED) is 0.156. The molecule has 0 unspecified atom stereocenters. The normalized spacial score (nSPS) is 13.3. The number of nitrogen functional groups attached to an aromatic ring is 2. The molecule has 4 N–H and O–H groups in total. The molecule has 7 nitrogen and oxygen atoms in total. The molecule has 8 aromatic rings. The summed E-state index contributed by atoms with van der Waals surface area (Å²) in [4.78, 5) is 20.9. The zero-order chi connectivity index (χ0) is 40.4. The fourth-order valence-corrected chi connectivity index (χ4v) is 8.17. The number of piperidine rings is 1. The van der Waals surface area contributed by atoms with E-state index in [0.29, 0.717) is 11.6 Å². The number of aromatic nitrogens is 4. The van der Waals surface area contributed by atoms with E-state index in [2.05, 4.69) is 157 Å². The molecule has 0 atom stereocenters. The third kappa shape index (κ3) is 8.59. The van der Waals surface area contributed by atoms with Crippen molar-refractivity contribution in [3.8, 4) is 0 Å². The van der Waals surface area contributed by atoms with Crippen LogP contribution in [0.3, 0.4) is 0 Å². The number of fused-ring (bicyclic) bond motifs is 6. The largest absolute Gasteiger partial charge is 0.382 e. The lowest BCUT2D eigenvalue weighted by molar-refractivity contribution is 0.578. The fraction of sp³-hybridized carbons (Fsp3) is 0.294. The van der Waals surface area contributed by atoms with Crippen LogP contribution in [0, 0.1) is 13.8 Å². The number of benzene rings is 4. The highest BCUT2D eigenvalue weighted by molar-refractivity contribution is 6.09. The number of rotatable bonds is 7. The summed E-state index contributed by atoms with van der Waals surface area (Å²) >= 11 is 0. The van der Waals surface area contributed by atoms with Crippen molar-refractivity contribution in [2.24, 2.45) is 0 Å². The minimum absolute atomic E-state index is 0.189. The van der Waals surface area contributed by atoms with Gasteiger partial charge < -0.3 is 16.4 Å². The molecule has 0 saturated carbocycles. The minimum Gasteiger partial charge on any atom is -0.382 e. The van der Waals surface area contributed by atoms with Gasteiger partial charge in [-0.3, -0.25) is 9.97 Å². The van der Waals surface area contributed by atoms with E-state index in [4.69, 9.17) is 11.5 Å². The van der Waals surface area contributed by atoms with Crippen molar-refractivity contribution in [1.29, 1.82) is 0 Å². The summed E-state index contributed by atoms with van der Waals surface area (Å²) in [7, 11) is 0. The smallest absolute Gasteiger partial charge is 0.150 e. The standard InChI is InChI=1S/C26H28N4.C25H27N3/c1-18-5-12-22-23-16-20(17-28-25(23)26(27)29-24(22)15-18)7-6-19-8-10-21(11-9-19)30-13-3-2-4-14-30;1-16-5-12-20-21-14-18(15-27-23(21)24(26)28-22(20)13-16)7-6-17-8-10-19(11-9-17)25(2,3)4/h5,8-12,15-17H,2-4,6-7,13-14H2,1H3,(H2,27,29);5,8-15H,6-7H2,1-4H3,(H2,26,28). The Balaban J connectivity index is 0.000000162. The van der Waals surface area contributed by atoms with Crippen LogP contribution >= 0.6 is 0 Å². The molecule has 294 valence electrons. The van der Waals surface area contributed by atoms with Gasteiger partial charge in [0.25, 0.3) is 0 Å². The van der Waals surface area contributed by atoms with Gasteiger partial charge in [0.05, 0.1) is 11.0 Å². The molecule has 1 aliphatic rings. The molecule has 58 heavy (non-hydrogen) atoms. The SMILES string of the molecule is Cc1ccc2c(c1)nc(N)c1ncc(CCc3ccc(C(C)(C)C)cc3)cc12.Cc1ccc2c(c1)nc(N)c1ncc(CCc3ccc(N4CCCCC4)cc3)cc12. The highest BCUT2D eigenvalue weighted by Crippen LogP contribution is 2.30. The number of nitrogens with two attached hydrogens (primary N) is 2. The van der Waals surface area contributed by atoms with E-state index in [-0.39, 0.29) is 5.41 Å². The number of aryl methyl sites for hydroxylation is 6. The molecule has 0 radical (unpaired) electrons. The van der Waals surface area contributed by atoms with Crippen LogP contribution in [-0.2, 0) is 31.1 Å². The molecule has 4 aromatic heterocycles. The van der Waals surface area contributed by atoms with Gasteiger partial charge >= 0.3 is 0 Å². The van der Waals surface area contributed by atoms with E-state index in [1.54, 1.807) is 0 Å². The molecular formula is C51H55N7. The van der Waals surface area contributed by atoms with Crippen molar-refractivity contribution in [3.05, 3.63) is 148 Å². The number of anilines is 3. The summed E-state index contributed by atoms with van der Waals surface area (Å²) in [6, 6.07) is 35.2. The first kappa shape index (κ1) is 38.8. The fourth-order valence-electron chi connectivity index (χ4n) is 8.17. The first-order valence-corrected chi connectivity index (χ1v) is 20.8. The number of hydrogen-bond acceptors (Lipinski definition) is 7. The van der Waals surface area contributed by atoms with E-state index in [1.165, 1.54) is 77.0 Å². The molecule has 5 heterocycles. The maximum Gasteiger partial charge on any atom is 0.150 e. The van der Waals surface area contributed by atoms with E-state index in [1.807, 2.05) is 12.4 Å². The molecule has 9 rings (SSSR count). The Morgan fingerprint density at radius 2 is 0.966 bits per heavy atom. The Morgan fingerprint density at radius 1 is 0.517 bits per heavy atom. The van der Waals surface area contributed by atoms with E-state index < -0.39 is 0 Å². The molecule has 0 spiro atoms. The van der Waals surface area contributed by atoms with Crippen molar-refractivity contribution in [1.82, 2.24) is 19.9 Å². The average Bonchev–Trinajstić information content (AvgIpc) is 3.22. The third-order valence-corrected chi connectivity index (χ3v) is 11.6. The van der Waals surface area contributed by atoms with Crippen LogP contribution in [0.15, 0.2) is 109 Å². The van der Waals surface area contributed by atoms with Crippen LogP contribution in [0.1, 0.15) is 79.0 Å². The van der Waals surface area contributed by atoms with Crippen molar-refractivity contribution >= 4 is 60.9 Å². The van der Waals surface area contributed by atoms with Crippen molar-refractivity contribution < 1.29 is 0 Å². The van der Waals surface area contributed by atoms with Gasteiger partial charge in [-0.25, -0.2) is 9.97 Å². The van der Waals surface area contributed by atoms with Crippen LogP contribution in [0.25, 0.3) is 43.6 Å². The zero-order valence-corrected chi connectivity index (χ0v) is 34.6. The van der Waals surface area contributed by atoms with Gasteiger partial charge in [-0.2, -0.15) is 0 Å². The Labute approximate surface area is 342 Å². The Morgan fingerprint density at radius 3 is 1.43 bits per heavy atom. The summed E-state index contributed by atoms with van der Waals surface area (Å²) in [5, 5.41) is 4.40. The molecule has 0 amide bonds. The van der Waals surface area contributed by atoms with Gasteiger partial charge in [0.15, 0.2) is 11.6 Å². The Kier molecular flexibility index (Phi) is 11.0. The number of hydrogen-bond donors (Lipinski definition) is 2. The molecule has 1 fully saturated rings. The summed E-state index contributed by atoms with van der Waals surface area (Å²) < 4.78 is 0. The molecular weight excluding hydrogens is 711 g/mol. The Hall–Kier alpha value is -6.08. The summed E-state index contributed by atoms with van der Waals surface area (Å²) in [6.07, 6.45) is 11.8. The average molecular weight is 766 g/mol. The monoisotopic (exact) mass is 765 g/mol. The maximum absolute atomic E-state index is 6.19. The molecule has 0 bridgehead atoms. The van der Waals surface area contributed by atoms with Crippen LogP contribution < -0.4 is 16.4 Å². The second-order valence-electron chi connectivity index (χ2n) is 17.2. The van der Waals surface area contributed by atoms with Crippen LogP contribution in [0.4, 0.5) is 17.3 Å². The lowest BCUT2D eigenvalue weighted by Crippen LogP contribution is -2.29. The zero-order valence-electron chi connectivity index (χ0n) is 34.6. The molecule has 7 heteroatoms. The minimum atomic E-state index is 0.189. The Bertz CT molecular complexity index is 2720. The van der Waals surface area contributed by atoms with Gasteiger partial charge in [-0.1, -0.05) is 81.4 Å². The highest BCUT2D eigenvalue weighted by Gasteiger charge is 2.15. The van der Waals surface area contributed by atoms with E-state index in [0.717, 1.165) is 69.3 Å². The number of nitrogens with zero attached hydrogens (tertiary/aromatic N) is 5. The van der Waals surface area contributed by atoms with Crippen molar-refractivity contribution in [2.45, 2.75) is 85.0 Å². The first-order valence-electron chi connectivity index (χ1n) is 20.8. The van der Waals surface area contributed by atoms with Gasteiger partial charge in [-0.15, -0.1) is 0 Å². The van der Waals surface area contributed by atoms with E-state index >= 15 is 0 Å². The second kappa shape index (κ2) is 16.4. The second-order valence-corrected chi connectivity index (χ2v) is 17.2.